The highest BCUT2D eigenvalue weighted by molar-refractivity contribution is 9.11. The molecule has 0 saturated heterocycles. The first-order chi connectivity index (χ1) is 17.5. The monoisotopic (exact) mass is 623 g/mol. The Morgan fingerprint density at radius 1 is 1.00 bits per heavy atom. The molecule has 0 fully saturated rings. The van der Waals surface area contributed by atoms with Crippen molar-refractivity contribution < 1.29 is 4.74 Å². The van der Waals surface area contributed by atoms with E-state index in [9.17, 15) is 0 Å². The minimum Gasteiger partial charge on any atom is -0.475 e. The maximum Gasteiger partial charge on any atom is 0.216 e. The van der Waals surface area contributed by atoms with Crippen LogP contribution in [-0.2, 0) is 4.74 Å². The Bertz CT molecular complexity index is 1350. The van der Waals surface area contributed by atoms with Gasteiger partial charge in [-0.05, 0) is 95.4 Å². The van der Waals surface area contributed by atoms with Crippen molar-refractivity contribution in [1.82, 2.24) is 0 Å². The summed E-state index contributed by atoms with van der Waals surface area (Å²) in [5.74, 6) is 0.766. The van der Waals surface area contributed by atoms with Crippen LogP contribution in [0.2, 0.25) is 0 Å². The topological polar surface area (TPSA) is 28.1 Å². The summed E-state index contributed by atoms with van der Waals surface area (Å²) >= 11 is 7.74. The van der Waals surface area contributed by atoms with E-state index in [-0.39, 0.29) is 11.5 Å². The van der Waals surface area contributed by atoms with Gasteiger partial charge in [0.2, 0.25) is 5.90 Å². The van der Waals surface area contributed by atoms with Crippen LogP contribution in [0.3, 0.4) is 0 Å². The summed E-state index contributed by atoms with van der Waals surface area (Å²) in [7, 11) is 6.20. The highest BCUT2D eigenvalue weighted by Gasteiger charge is 2.28. The normalized spacial score (nSPS) is 15.1. The second-order valence-corrected chi connectivity index (χ2v) is 12.2. The van der Waals surface area contributed by atoms with Gasteiger partial charge in [0.05, 0.1) is 11.2 Å². The predicted molar refractivity (Wildman–Crippen MR) is 165 cm³/mol. The molecule has 37 heavy (non-hydrogen) atoms. The minimum absolute atomic E-state index is 0.0394. The third-order valence-corrected chi connectivity index (χ3v) is 8.05. The van der Waals surface area contributed by atoms with Crippen LogP contribution >= 0.6 is 31.9 Å². The van der Waals surface area contributed by atoms with Crippen LogP contribution in [0.5, 0.6) is 0 Å². The fourth-order valence-electron chi connectivity index (χ4n) is 4.72. The van der Waals surface area contributed by atoms with Crippen molar-refractivity contribution >= 4 is 49.1 Å². The minimum atomic E-state index is -0.184. The van der Waals surface area contributed by atoms with Crippen molar-refractivity contribution in [2.45, 2.75) is 32.2 Å². The van der Waals surface area contributed by atoms with Crippen LogP contribution in [0.4, 0.5) is 11.4 Å². The molecule has 0 radical (unpaired) electrons. The fraction of sp³-hybridized carbons (Fsp3) is 0.323. The molecule has 1 aliphatic heterocycles. The number of ether oxygens (including phenoxy) is 1. The van der Waals surface area contributed by atoms with Crippen molar-refractivity contribution in [1.29, 1.82) is 0 Å². The number of benzene rings is 3. The molecule has 0 aliphatic carbocycles. The van der Waals surface area contributed by atoms with Crippen LogP contribution in [0.1, 0.15) is 47.6 Å². The standard InChI is InChI=1S/C31H35Br2N3O/c1-8-15-36(7)28-14-10-21(17-27(28)33)29(25-13-11-23(35(5)6)18-26(25)32)24-12-9-22(16-20(24)2)30-34-31(3,4)19-37-30/h8-14,16-18,29H,1,15,19H2,2-7H3. The summed E-state index contributed by atoms with van der Waals surface area (Å²) < 4.78 is 8.07. The quantitative estimate of drug-likeness (QED) is 0.188. The molecule has 6 heteroatoms. The number of anilines is 2. The van der Waals surface area contributed by atoms with E-state index in [0.717, 1.165) is 38.3 Å². The van der Waals surface area contributed by atoms with Crippen molar-refractivity contribution in [3.63, 3.8) is 0 Å². The summed E-state index contributed by atoms with van der Waals surface area (Å²) in [6.45, 7) is 11.6. The molecular weight excluding hydrogens is 590 g/mol. The van der Waals surface area contributed by atoms with E-state index >= 15 is 0 Å². The molecule has 0 amide bonds. The van der Waals surface area contributed by atoms with Crippen molar-refractivity contribution in [2.24, 2.45) is 4.99 Å². The number of nitrogens with zero attached hydrogens (tertiary/aromatic N) is 3. The predicted octanol–water partition coefficient (Wildman–Crippen LogP) is 7.94. The van der Waals surface area contributed by atoms with Crippen molar-refractivity contribution in [3.8, 4) is 0 Å². The van der Waals surface area contributed by atoms with Gasteiger partial charge in [-0.25, -0.2) is 4.99 Å². The van der Waals surface area contributed by atoms with Gasteiger partial charge in [-0.15, -0.1) is 6.58 Å². The summed E-state index contributed by atoms with van der Waals surface area (Å²) in [5.41, 5.74) is 8.01. The van der Waals surface area contributed by atoms with E-state index in [1.54, 1.807) is 0 Å². The molecule has 0 bridgehead atoms. The lowest BCUT2D eigenvalue weighted by molar-refractivity contribution is 0.279. The molecule has 3 aromatic carbocycles. The van der Waals surface area contributed by atoms with E-state index in [0.29, 0.717) is 6.61 Å². The lowest BCUT2D eigenvalue weighted by atomic mass is 9.82. The van der Waals surface area contributed by atoms with Gasteiger partial charge in [-0.1, -0.05) is 40.2 Å². The zero-order chi connectivity index (χ0) is 26.9. The maximum absolute atomic E-state index is 5.92. The second-order valence-electron chi connectivity index (χ2n) is 10.5. The van der Waals surface area contributed by atoms with Crippen LogP contribution < -0.4 is 9.80 Å². The molecule has 1 heterocycles. The van der Waals surface area contributed by atoms with Crippen molar-refractivity contribution in [3.05, 3.63) is 104 Å². The van der Waals surface area contributed by atoms with Gasteiger partial charge in [-0.2, -0.15) is 0 Å². The average Bonchev–Trinajstić information content (AvgIpc) is 3.20. The highest BCUT2D eigenvalue weighted by atomic mass is 79.9. The molecule has 0 aromatic heterocycles. The zero-order valence-electron chi connectivity index (χ0n) is 22.5. The second kappa shape index (κ2) is 11.0. The SMILES string of the molecule is C=CCN(C)c1ccc(C(c2ccc(C3=NC(C)(C)CO3)cc2C)c2ccc(N(C)C)cc2Br)cc1Br. The van der Waals surface area contributed by atoms with Crippen LogP contribution in [-0.4, -0.2) is 45.7 Å². The van der Waals surface area contributed by atoms with Gasteiger partial charge in [0.15, 0.2) is 0 Å². The van der Waals surface area contributed by atoms with Crippen LogP contribution in [0.25, 0.3) is 0 Å². The first kappa shape index (κ1) is 27.5. The van der Waals surface area contributed by atoms with Gasteiger partial charge >= 0.3 is 0 Å². The van der Waals surface area contributed by atoms with Gasteiger partial charge in [0, 0.05) is 53.8 Å². The molecule has 4 nitrogen and oxygen atoms in total. The Morgan fingerprint density at radius 2 is 1.73 bits per heavy atom. The fourth-order valence-corrected chi connectivity index (χ4v) is 6.02. The number of halogens is 2. The molecular formula is C31H35Br2N3O. The molecule has 1 unspecified atom stereocenters. The molecule has 194 valence electrons. The van der Waals surface area contributed by atoms with E-state index in [1.807, 2.05) is 6.08 Å². The maximum atomic E-state index is 5.92. The Kier molecular flexibility index (Phi) is 8.20. The van der Waals surface area contributed by atoms with E-state index in [1.165, 1.54) is 22.3 Å². The molecule has 1 atom stereocenters. The first-order valence-corrected chi connectivity index (χ1v) is 14.0. The molecule has 0 spiro atoms. The first-order valence-electron chi connectivity index (χ1n) is 12.4. The Hall–Kier alpha value is -2.57. The molecule has 3 aromatic rings. The van der Waals surface area contributed by atoms with E-state index in [2.05, 4.69) is 145 Å². The number of aryl methyl sites for hydroxylation is 1. The van der Waals surface area contributed by atoms with Gasteiger partial charge < -0.3 is 14.5 Å². The lowest BCUT2D eigenvalue weighted by Crippen LogP contribution is -2.17. The van der Waals surface area contributed by atoms with Crippen LogP contribution in [0, 0.1) is 6.92 Å². The molecule has 1 aliphatic rings. The number of aliphatic imine (C=N–C) groups is 1. The number of rotatable bonds is 8. The number of hydrogen-bond donors (Lipinski definition) is 0. The Morgan fingerprint density at radius 3 is 2.30 bits per heavy atom. The largest absolute Gasteiger partial charge is 0.475 e. The third kappa shape index (κ3) is 5.96. The Balaban J connectivity index is 1.83. The summed E-state index contributed by atoms with van der Waals surface area (Å²) in [5, 5.41) is 0. The lowest BCUT2D eigenvalue weighted by Gasteiger charge is -2.26. The summed E-state index contributed by atoms with van der Waals surface area (Å²) in [4.78, 5) is 9.08. The highest BCUT2D eigenvalue weighted by Crippen LogP contribution is 2.41. The molecule has 4 rings (SSSR count). The molecule has 0 N–H and O–H groups in total. The van der Waals surface area contributed by atoms with Gasteiger partial charge in [0.1, 0.15) is 6.61 Å². The number of hydrogen-bond acceptors (Lipinski definition) is 4. The summed E-state index contributed by atoms with van der Waals surface area (Å²) in [6, 6.07) is 19.8. The number of likely N-dealkylation sites (N-methyl/N-ethyl adjacent to an activating group) is 1. The smallest absolute Gasteiger partial charge is 0.216 e. The average molecular weight is 625 g/mol. The van der Waals surface area contributed by atoms with E-state index in [4.69, 9.17) is 9.73 Å². The molecule has 0 saturated carbocycles. The Labute approximate surface area is 238 Å². The van der Waals surface area contributed by atoms with E-state index < -0.39 is 0 Å². The van der Waals surface area contributed by atoms with Gasteiger partial charge in [0.25, 0.3) is 0 Å². The summed E-state index contributed by atoms with van der Waals surface area (Å²) in [6.07, 6.45) is 1.91. The van der Waals surface area contributed by atoms with Gasteiger partial charge in [-0.3, -0.25) is 0 Å². The third-order valence-electron chi connectivity index (χ3n) is 6.72. The zero-order valence-corrected chi connectivity index (χ0v) is 25.6. The van der Waals surface area contributed by atoms with Crippen LogP contribution in [0.15, 0.2) is 81.2 Å². The van der Waals surface area contributed by atoms with Crippen molar-refractivity contribution in [2.75, 3.05) is 44.1 Å².